The molecule has 0 saturated carbocycles. The molecular formula is C18H17ClN2O5. The maximum atomic E-state index is 11.9. The van der Waals surface area contributed by atoms with Crippen LogP contribution in [0.2, 0.25) is 5.02 Å². The van der Waals surface area contributed by atoms with E-state index in [2.05, 4.69) is 5.32 Å². The van der Waals surface area contributed by atoms with Gasteiger partial charge in [0.1, 0.15) is 0 Å². The third-order valence-electron chi connectivity index (χ3n) is 3.60. The van der Waals surface area contributed by atoms with Crippen LogP contribution in [0, 0.1) is 17.0 Å². The Balaban J connectivity index is 1.80. The number of carbonyl (C=O) groups excluding carboxylic acids is 2. The van der Waals surface area contributed by atoms with Crippen LogP contribution in [0.1, 0.15) is 21.5 Å². The molecule has 0 bridgehead atoms. The molecule has 1 amide bonds. The van der Waals surface area contributed by atoms with Crippen molar-refractivity contribution in [1.29, 1.82) is 0 Å². The van der Waals surface area contributed by atoms with E-state index in [1.54, 1.807) is 19.1 Å². The van der Waals surface area contributed by atoms with Crippen molar-refractivity contribution < 1.29 is 19.2 Å². The van der Waals surface area contributed by atoms with E-state index in [1.807, 2.05) is 12.1 Å². The Kier molecular flexibility index (Phi) is 6.68. The van der Waals surface area contributed by atoms with E-state index in [4.69, 9.17) is 16.3 Å². The Morgan fingerprint density at radius 2 is 2.00 bits per heavy atom. The number of hydrogen-bond acceptors (Lipinski definition) is 5. The summed E-state index contributed by atoms with van der Waals surface area (Å²) >= 11 is 5.88. The summed E-state index contributed by atoms with van der Waals surface area (Å²) < 4.78 is 4.89. The molecule has 2 aromatic carbocycles. The Hall–Kier alpha value is -2.93. The number of esters is 1. The summed E-state index contributed by atoms with van der Waals surface area (Å²) in [5, 5.41) is 14.1. The van der Waals surface area contributed by atoms with Crippen LogP contribution in [-0.4, -0.2) is 30.0 Å². The van der Waals surface area contributed by atoms with E-state index in [0.29, 0.717) is 23.6 Å². The van der Waals surface area contributed by atoms with Gasteiger partial charge in [-0.1, -0.05) is 29.8 Å². The molecule has 0 unspecified atom stereocenters. The van der Waals surface area contributed by atoms with Crippen molar-refractivity contribution >= 4 is 29.2 Å². The summed E-state index contributed by atoms with van der Waals surface area (Å²) in [6, 6.07) is 11.3. The van der Waals surface area contributed by atoms with Crippen molar-refractivity contribution in [1.82, 2.24) is 5.32 Å². The fourth-order valence-corrected chi connectivity index (χ4v) is 2.45. The van der Waals surface area contributed by atoms with Gasteiger partial charge in [0, 0.05) is 23.2 Å². The van der Waals surface area contributed by atoms with Gasteiger partial charge in [0.05, 0.1) is 10.5 Å². The lowest BCUT2D eigenvalue weighted by Gasteiger charge is -2.07. The maximum Gasteiger partial charge on any atom is 0.338 e. The monoisotopic (exact) mass is 376 g/mol. The first-order valence-electron chi connectivity index (χ1n) is 7.80. The minimum atomic E-state index is -0.793. The van der Waals surface area contributed by atoms with Crippen LogP contribution in [0.15, 0.2) is 42.5 Å². The van der Waals surface area contributed by atoms with Crippen LogP contribution < -0.4 is 5.32 Å². The molecule has 2 rings (SSSR count). The fraction of sp³-hybridized carbons (Fsp3) is 0.222. The molecule has 0 aromatic heterocycles. The number of nitro benzene ring substituents is 1. The molecule has 0 saturated heterocycles. The molecule has 0 aliphatic rings. The fourth-order valence-electron chi connectivity index (χ4n) is 2.24. The Labute approximate surface area is 155 Å². The zero-order chi connectivity index (χ0) is 19.1. The zero-order valence-electron chi connectivity index (χ0n) is 14.0. The summed E-state index contributed by atoms with van der Waals surface area (Å²) in [6.07, 6.45) is 0.588. The highest BCUT2D eigenvalue weighted by molar-refractivity contribution is 6.30. The number of amides is 1. The van der Waals surface area contributed by atoms with Crippen molar-refractivity contribution in [3.8, 4) is 0 Å². The molecule has 8 heteroatoms. The SMILES string of the molecule is Cc1ccc(C(=O)OCC(=O)NCCc2cccc(Cl)c2)cc1[N+](=O)[O-]. The van der Waals surface area contributed by atoms with E-state index in [1.165, 1.54) is 12.1 Å². The van der Waals surface area contributed by atoms with Gasteiger partial charge in [0.25, 0.3) is 11.6 Å². The summed E-state index contributed by atoms with van der Waals surface area (Å²) in [5.41, 5.74) is 1.26. The highest BCUT2D eigenvalue weighted by atomic mass is 35.5. The van der Waals surface area contributed by atoms with E-state index in [9.17, 15) is 19.7 Å². The summed E-state index contributed by atoms with van der Waals surface area (Å²) in [5.74, 6) is -1.25. The van der Waals surface area contributed by atoms with Crippen LogP contribution in [-0.2, 0) is 16.0 Å². The maximum absolute atomic E-state index is 11.9. The van der Waals surface area contributed by atoms with Gasteiger partial charge < -0.3 is 10.1 Å². The first kappa shape index (κ1) is 19.4. The lowest BCUT2D eigenvalue weighted by atomic mass is 10.1. The molecule has 2 aromatic rings. The predicted octanol–water partition coefficient (Wildman–Crippen LogP) is 3.07. The van der Waals surface area contributed by atoms with Gasteiger partial charge in [0.15, 0.2) is 6.61 Å². The van der Waals surface area contributed by atoms with E-state index < -0.39 is 23.4 Å². The molecular weight excluding hydrogens is 360 g/mol. The third-order valence-corrected chi connectivity index (χ3v) is 3.84. The van der Waals surface area contributed by atoms with Gasteiger partial charge in [-0.2, -0.15) is 0 Å². The second-order valence-electron chi connectivity index (χ2n) is 5.56. The first-order chi connectivity index (χ1) is 12.4. The van der Waals surface area contributed by atoms with Crippen molar-refractivity contribution in [3.05, 3.63) is 74.3 Å². The van der Waals surface area contributed by atoms with Gasteiger partial charge in [0.2, 0.25) is 0 Å². The number of nitrogens with one attached hydrogen (secondary N) is 1. The number of carbonyl (C=O) groups is 2. The average molecular weight is 377 g/mol. The number of halogens is 1. The van der Waals surface area contributed by atoms with Crippen molar-refractivity contribution in [2.45, 2.75) is 13.3 Å². The molecule has 1 N–H and O–H groups in total. The van der Waals surface area contributed by atoms with Crippen molar-refractivity contribution in [3.63, 3.8) is 0 Å². The normalized spacial score (nSPS) is 10.2. The first-order valence-corrected chi connectivity index (χ1v) is 8.18. The van der Waals surface area contributed by atoms with Gasteiger partial charge in [-0.25, -0.2) is 4.79 Å². The van der Waals surface area contributed by atoms with Crippen molar-refractivity contribution in [2.24, 2.45) is 0 Å². The second kappa shape index (κ2) is 8.96. The Morgan fingerprint density at radius 1 is 1.23 bits per heavy atom. The highest BCUT2D eigenvalue weighted by Crippen LogP contribution is 2.19. The summed E-state index contributed by atoms with van der Waals surface area (Å²) in [4.78, 5) is 34.0. The topological polar surface area (TPSA) is 98.5 Å². The smallest absolute Gasteiger partial charge is 0.338 e. The molecule has 0 aliphatic heterocycles. The molecule has 0 atom stereocenters. The van der Waals surface area contributed by atoms with Gasteiger partial charge >= 0.3 is 5.97 Å². The molecule has 26 heavy (non-hydrogen) atoms. The minimum absolute atomic E-state index is 0.0222. The number of aryl methyl sites for hydroxylation is 1. The van der Waals surface area contributed by atoms with Gasteiger partial charge in [-0.3, -0.25) is 14.9 Å². The lowest BCUT2D eigenvalue weighted by Crippen LogP contribution is -2.30. The Bertz CT molecular complexity index is 838. The number of nitrogens with zero attached hydrogens (tertiary/aromatic N) is 1. The molecule has 0 radical (unpaired) electrons. The van der Waals surface area contributed by atoms with Crippen LogP contribution in [0.25, 0.3) is 0 Å². The standard InChI is InChI=1S/C18H17ClN2O5/c1-12-5-6-14(10-16(12)21(24)25)18(23)26-11-17(22)20-8-7-13-3-2-4-15(19)9-13/h2-6,9-10H,7-8,11H2,1H3,(H,20,22). The Morgan fingerprint density at radius 3 is 2.69 bits per heavy atom. The molecule has 136 valence electrons. The summed E-state index contributed by atoms with van der Waals surface area (Å²) in [6.45, 7) is 1.48. The van der Waals surface area contributed by atoms with E-state index >= 15 is 0 Å². The van der Waals surface area contributed by atoms with Gasteiger partial charge in [-0.15, -0.1) is 0 Å². The second-order valence-corrected chi connectivity index (χ2v) is 6.00. The molecule has 0 fully saturated rings. The largest absolute Gasteiger partial charge is 0.452 e. The third kappa shape index (κ3) is 5.56. The number of nitro groups is 1. The van der Waals surface area contributed by atoms with E-state index in [-0.39, 0.29) is 11.3 Å². The molecule has 0 aliphatic carbocycles. The van der Waals surface area contributed by atoms with Crippen molar-refractivity contribution in [2.75, 3.05) is 13.2 Å². The van der Waals surface area contributed by atoms with E-state index in [0.717, 1.165) is 11.6 Å². The van der Waals surface area contributed by atoms with Gasteiger partial charge in [-0.05, 0) is 37.1 Å². The molecule has 0 spiro atoms. The summed E-state index contributed by atoms with van der Waals surface area (Å²) in [7, 11) is 0. The van der Waals surface area contributed by atoms with Crippen LogP contribution in [0.4, 0.5) is 5.69 Å². The number of benzene rings is 2. The number of rotatable bonds is 7. The lowest BCUT2D eigenvalue weighted by molar-refractivity contribution is -0.385. The highest BCUT2D eigenvalue weighted by Gasteiger charge is 2.16. The van der Waals surface area contributed by atoms with Crippen LogP contribution in [0.5, 0.6) is 0 Å². The molecule has 7 nitrogen and oxygen atoms in total. The molecule has 0 heterocycles. The average Bonchev–Trinajstić information content (AvgIpc) is 2.60. The predicted molar refractivity (Wildman–Crippen MR) is 96.3 cm³/mol. The number of ether oxygens (including phenoxy) is 1. The number of hydrogen-bond donors (Lipinski definition) is 1. The minimum Gasteiger partial charge on any atom is -0.452 e. The quantitative estimate of drug-likeness (QED) is 0.455. The zero-order valence-corrected chi connectivity index (χ0v) is 14.8. The van der Waals surface area contributed by atoms with Crippen LogP contribution >= 0.6 is 11.6 Å². The van der Waals surface area contributed by atoms with Crippen LogP contribution in [0.3, 0.4) is 0 Å².